The summed E-state index contributed by atoms with van der Waals surface area (Å²) in [7, 11) is 1.65. The number of carbonyl (C=O) groups is 1. The number of benzene rings is 1. The molecule has 3 rings (SSSR count). The van der Waals surface area contributed by atoms with Crippen molar-refractivity contribution in [3.05, 3.63) is 22.2 Å². The van der Waals surface area contributed by atoms with Crippen molar-refractivity contribution in [1.29, 1.82) is 0 Å². The SMILES string of the molecule is CO[C@@H]1CNCC[C@@H]1NC(=O)c1cc(Cl)c(N)c2c1OCCC2. The van der Waals surface area contributed by atoms with Crippen molar-refractivity contribution in [2.45, 2.75) is 31.4 Å². The number of halogens is 1. The predicted octanol–water partition coefficient (Wildman–Crippen LogP) is 1.35. The fraction of sp³-hybridized carbons (Fsp3) is 0.562. The van der Waals surface area contributed by atoms with Crippen LogP contribution in [-0.4, -0.2) is 44.9 Å². The summed E-state index contributed by atoms with van der Waals surface area (Å²) < 4.78 is 11.2. The highest BCUT2D eigenvalue weighted by atomic mass is 35.5. The molecule has 0 saturated carbocycles. The van der Waals surface area contributed by atoms with Crippen molar-refractivity contribution < 1.29 is 14.3 Å². The highest BCUT2D eigenvalue weighted by Crippen LogP contribution is 2.38. The third-order valence-corrected chi connectivity index (χ3v) is 4.79. The van der Waals surface area contributed by atoms with Crippen molar-refractivity contribution in [2.24, 2.45) is 0 Å². The molecule has 1 saturated heterocycles. The van der Waals surface area contributed by atoms with E-state index < -0.39 is 0 Å². The van der Waals surface area contributed by atoms with Gasteiger partial charge >= 0.3 is 0 Å². The third kappa shape index (κ3) is 3.24. The highest BCUT2D eigenvalue weighted by molar-refractivity contribution is 6.33. The van der Waals surface area contributed by atoms with Gasteiger partial charge in [0.15, 0.2) is 0 Å². The van der Waals surface area contributed by atoms with E-state index in [2.05, 4.69) is 10.6 Å². The lowest BCUT2D eigenvalue weighted by molar-refractivity contribution is 0.0475. The number of rotatable bonds is 3. The zero-order valence-corrected chi connectivity index (χ0v) is 13.9. The van der Waals surface area contributed by atoms with Gasteiger partial charge in [-0.25, -0.2) is 0 Å². The summed E-state index contributed by atoms with van der Waals surface area (Å²) in [4.78, 5) is 12.7. The summed E-state index contributed by atoms with van der Waals surface area (Å²) in [5, 5.41) is 6.70. The monoisotopic (exact) mass is 339 g/mol. The van der Waals surface area contributed by atoms with Gasteiger partial charge in [0.05, 0.1) is 35.0 Å². The maximum absolute atomic E-state index is 12.7. The van der Waals surface area contributed by atoms with Crippen LogP contribution in [0.4, 0.5) is 5.69 Å². The van der Waals surface area contributed by atoms with E-state index in [0.29, 0.717) is 28.6 Å². The second kappa shape index (κ2) is 6.95. The van der Waals surface area contributed by atoms with E-state index in [1.54, 1.807) is 13.2 Å². The van der Waals surface area contributed by atoms with E-state index in [1.807, 2.05) is 0 Å². The fourth-order valence-corrected chi connectivity index (χ4v) is 3.42. The quantitative estimate of drug-likeness (QED) is 0.724. The minimum atomic E-state index is -0.195. The van der Waals surface area contributed by atoms with Gasteiger partial charge in [0.2, 0.25) is 0 Å². The number of carbonyl (C=O) groups excluding carboxylic acids is 1. The second-order valence-electron chi connectivity index (χ2n) is 5.93. The van der Waals surface area contributed by atoms with Gasteiger partial charge < -0.3 is 25.8 Å². The van der Waals surface area contributed by atoms with Crippen molar-refractivity contribution in [2.75, 3.05) is 32.5 Å². The van der Waals surface area contributed by atoms with E-state index in [1.165, 1.54) is 0 Å². The Balaban J connectivity index is 1.86. The summed E-state index contributed by atoms with van der Waals surface area (Å²) in [6.07, 6.45) is 2.42. The van der Waals surface area contributed by atoms with Crippen LogP contribution >= 0.6 is 11.6 Å². The third-order valence-electron chi connectivity index (χ3n) is 4.48. The number of hydrogen-bond acceptors (Lipinski definition) is 5. The Kier molecular flexibility index (Phi) is 4.94. The van der Waals surface area contributed by atoms with Crippen LogP contribution < -0.4 is 21.1 Å². The standard InChI is InChI=1S/C16H22ClN3O3/c1-22-13-8-19-5-4-12(13)20-16(21)10-7-11(17)14(18)9-3-2-6-23-15(9)10/h7,12-13,19H,2-6,8,18H2,1H3,(H,20,21)/t12-,13+/m0/s1. The number of ether oxygens (including phenoxy) is 2. The molecule has 2 aliphatic rings. The number of methoxy groups -OCH3 is 1. The molecule has 1 amide bonds. The van der Waals surface area contributed by atoms with Crippen LogP contribution in [0.1, 0.15) is 28.8 Å². The molecular weight excluding hydrogens is 318 g/mol. The van der Waals surface area contributed by atoms with Crippen molar-refractivity contribution in [1.82, 2.24) is 10.6 Å². The molecule has 1 aromatic rings. The maximum atomic E-state index is 12.7. The Hall–Kier alpha value is -1.50. The molecule has 2 atom stereocenters. The molecule has 0 aliphatic carbocycles. The molecule has 0 bridgehead atoms. The molecule has 0 unspecified atom stereocenters. The van der Waals surface area contributed by atoms with Crippen molar-refractivity contribution in [3.63, 3.8) is 0 Å². The number of nitrogen functional groups attached to an aromatic ring is 1. The van der Waals surface area contributed by atoms with E-state index in [4.69, 9.17) is 26.8 Å². The molecule has 7 heteroatoms. The number of hydrogen-bond donors (Lipinski definition) is 3. The first-order chi connectivity index (χ1) is 11.1. The molecule has 23 heavy (non-hydrogen) atoms. The van der Waals surface area contributed by atoms with Crippen LogP contribution in [0.2, 0.25) is 5.02 Å². The average Bonchev–Trinajstić information content (AvgIpc) is 2.58. The van der Waals surface area contributed by atoms with E-state index in [0.717, 1.165) is 37.9 Å². The maximum Gasteiger partial charge on any atom is 0.255 e. The number of nitrogens with two attached hydrogens (primary N) is 1. The molecule has 4 N–H and O–H groups in total. The predicted molar refractivity (Wildman–Crippen MR) is 89.2 cm³/mol. The molecule has 1 aromatic carbocycles. The molecule has 0 spiro atoms. The van der Waals surface area contributed by atoms with E-state index >= 15 is 0 Å². The minimum Gasteiger partial charge on any atom is -0.492 e. The van der Waals surface area contributed by atoms with Crippen LogP contribution in [0, 0.1) is 0 Å². The summed E-state index contributed by atoms with van der Waals surface area (Å²) in [6, 6.07) is 1.56. The Morgan fingerprint density at radius 3 is 3.17 bits per heavy atom. The largest absolute Gasteiger partial charge is 0.492 e. The van der Waals surface area contributed by atoms with Crippen molar-refractivity contribution >= 4 is 23.2 Å². The van der Waals surface area contributed by atoms with Gasteiger partial charge in [-0.15, -0.1) is 0 Å². The topological polar surface area (TPSA) is 85.6 Å². The van der Waals surface area contributed by atoms with Crippen LogP contribution in [0.3, 0.4) is 0 Å². The van der Waals surface area contributed by atoms with Crippen molar-refractivity contribution in [3.8, 4) is 5.75 Å². The first-order valence-electron chi connectivity index (χ1n) is 7.90. The van der Waals surface area contributed by atoms with Gasteiger partial charge in [-0.2, -0.15) is 0 Å². The Labute approximate surface area is 140 Å². The molecule has 126 valence electrons. The first kappa shape index (κ1) is 16.4. The number of anilines is 1. The Bertz CT molecular complexity index is 609. The molecule has 0 radical (unpaired) electrons. The summed E-state index contributed by atoms with van der Waals surface area (Å²) in [5.74, 6) is 0.373. The summed E-state index contributed by atoms with van der Waals surface area (Å²) >= 11 is 6.20. The van der Waals surface area contributed by atoms with Gasteiger partial charge in [-0.05, 0) is 31.9 Å². The number of amides is 1. The fourth-order valence-electron chi connectivity index (χ4n) is 3.19. The lowest BCUT2D eigenvalue weighted by Crippen LogP contribution is -2.53. The highest BCUT2D eigenvalue weighted by Gasteiger charge is 2.29. The first-order valence-corrected chi connectivity index (χ1v) is 8.27. The average molecular weight is 340 g/mol. The summed E-state index contributed by atoms with van der Waals surface area (Å²) in [5.41, 5.74) is 7.82. The molecular formula is C16H22ClN3O3. The molecule has 6 nitrogen and oxygen atoms in total. The lowest BCUT2D eigenvalue weighted by Gasteiger charge is -2.32. The van der Waals surface area contributed by atoms with Gasteiger partial charge in [0.25, 0.3) is 5.91 Å². The van der Waals surface area contributed by atoms with Gasteiger partial charge in [-0.1, -0.05) is 11.6 Å². The number of piperidine rings is 1. The molecule has 2 aliphatic heterocycles. The van der Waals surface area contributed by atoms with Gasteiger partial charge in [0.1, 0.15) is 5.75 Å². The van der Waals surface area contributed by atoms with E-state index in [-0.39, 0.29) is 18.1 Å². The van der Waals surface area contributed by atoms with Crippen LogP contribution in [0.15, 0.2) is 6.07 Å². The minimum absolute atomic E-state index is 0.0377. The number of fused-ring (bicyclic) bond motifs is 1. The van der Waals surface area contributed by atoms with Crippen LogP contribution in [-0.2, 0) is 11.2 Å². The lowest BCUT2D eigenvalue weighted by atomic mass is 9.98. The van der Waals surface area contributed by atoms with Gasteiger partial charge in [0, 0.05) is 19.2 Å². The Morgan fingerprint density at radius 1 is 1.57 bits per heavy atom. The smallest absolute Gasteiger partial charge is 0.255 e. The van der Waals surface area contributed by atoms with E-state index in [9.17, 15) is 4.79 Å². The Morgan fingerprint density at radius 2 is 2.39 bits per heavy atom. The van der Waals surface area contributed by atoms with Crippen LogP contribution in [0.25, 0.3) is 0 Å². The molecule has 2 heterocycles. The zero-order chi connectivity index (χ0) is 16.4. The number of nitrogens with one attached hydrogen (secondary N) is 2. The normalized spacial score (nSPS) is 23.7. The molecule has 0 aromatic heterocycles. The van der Waals surface area contributed by atoms with Gasteiger partial charge in [-0.3, -0.25) is 4.79 Å². The van der Waals surface area contributed by atoms with Crippen LogP contribution in [0.5, 0.6) is 5.75 Å². The summed E-state index contributed by atoms with van der Waals surface area (Å²) in [6.45, 7) is 2.16. The second-order valence-corrected chi connectivity index (χ2v) is 6.33. The molecule has 1 fully saturated rings. The zero-order valence-electron chi connectivity index (χ0n) is 13.2.